The number of ether oxygens (including phenoxy) is 1. The van der Waals surface area contributed by atoms with Crippen molar-refractivity contribution < 1.29 is 9.13 Å². The number of aromatic nitrogens is 2. The number of nitrogens with zero attached hydrogens (tertiary/aromatic N) is 2. The Labute approximate surface area is 140 Å². The quantitative estimate of drug-likeness (QED) is 0.731. The van der Waals surface area contributed by atoms with E-state index < -0.39 is 0 Å². The summed E-state index contributed by atoms with van der Waals surface area (Å²) in [6.45, 7) is 3.84. The molecule has 0 spiro atoms. The van der Waals surface area contributed by atoms with E-state index in [2.05, 4.69) is 15.3 Å². The van der Waals surface area contributed by atoms with Gasteiger partial charge >= 0.3 is 6.01 Å². The van der Waals surface area contributed by atoms with Crippen LogP contribution in [0.3, 0.4) is 0 Å². The van der Waals surface area contributed by atoms with E-state index in [9.17, 15) is 4.39 Å². The molecule has 1 heterocycles. The third-order valence-corrected chi connectivity index (χ3v) is 3.23. The molecule has 0 bridgehead atoms. The van der Waals surface area contributed by atoms with Crippen molar-refractivity contribution >= 4 is 11.5 Å². The minimum atomic E-state index is -0.281. The van der Waals surface area contributed by atoms with Crippen LogP contribution < -0.4 is 10.1 Å². The van der Waals surface area contributed by atoms with Gasteiger partial charge in [-0.25, -0.2) is 4.39 Å². The Morgan fingerprint density at radius 3 is 2.33 bits per heavy atom. The molecule has 3 rings (SSSR count). The van der Waals surface area contributed by atoms with Crippen molar-refractivity contribution in [1.29, 1.82) is 0 Å². The van der Waals surface area contributed by atoms with Crippen LogP contribution in [-0.4, -0.2) is 16.1 Å². The van der Waals surface area contributed by atoms with Gasteiger partial charge in [-0.3, -0.25) is 0 Å². The van der Waals surface area contributed by atoms with Gasteiger partial charge < -0.3 is 10.1 Å². The number of benzene rings is 2. The first-order valence-corrected chi connectivity index (χ1v) is 7.74. The molecule has 4 nitrogen and oxygen atoms in total. The Kier molecular flexibility index (Phi) is 4.70. The second-order valence-electron chi connectivity index (χ2n) is 5.59. The molecule has 122 valence electrons. The van der Waals surface area contributed by atoms with Crippen molar-refractivity contribution in [3.8, 4) is 17.3 Å². The Hall–Kier alpha value is -2.95. The second-order valence-corrected chi connectivity index (χ2v) is 5.59. The van der Waals surface area contributed by atoms with Crippen molar-refractivity contribution in [2.45, 2.75) is 20.0 Å². The summed E-state index contributed by atoms with van der Waals surface area (Å²) in [7, 11) is 0. The lowest BCUT2D eigenvalue weighted by atomic mass is 10.1. The van der Waals surface area contributed by atoms with Crippen molar-refractivity contribution in [3.05, 3.63) is 66.5 Å². The summed E-state index contributed by atoms with van der Waals surface area (Å²) in [5, 5.41) is 3.16. The predicted molar refractivity (Wildman–Crippen MR) is 92.9 cm³/mol. The zero-order valence-electron chi connectivity index (χ0n) is 13.5. The summed E-state index contributed by atoms with van der Waals surface area (Å²) in [5.74, 6) is 0.308. The predicted octanol–water partition coefficient (Wildman–Crippen LogP) is 4.81. The lowest BCUT2D eigenvalue weighted by molar-refractivity contribution is 0.223. The molecule has 0 aliphatic rings. The summed E-state index contributed by atoms with van der Waals surface area (Å²) >= 11 is 0. The van der Waals surface area contributed by atoms with Crippen molar-refractivity contribution in [3.63, 3.8) is 0 Å². The molecule has 0 fully saturated rings. The molecule has 0 unspecified atom stereocenters. The van der Waals surface area contributed by atoms with Crippen molar-refractivity contribution in [2.24, 2.45) is 0 Å². The number of hydrogen-bond acceptors (Lipinski definition) is 4. The van der Waals surface area contributed by atoms with Crippen LogP contribution in [0, 0.1) is 5.82 Å². The van der Waals surface area contributed by atoms with Gasteiger partial charge in [0.05, 0.1) is 11.8 Å². The Balaban J connectivity index is 1.96. The molecule has 0 amide bonds. The van der Waals surface area contributed by atoms with E-state index in [0.717, 1.165) is 16.9 Å². The maximum Gasteiger partial charge on any atom is 0.319 e. The highest BCUT2D eigenvalue weighted by atomic mass is 19.1. The van der Waals surface area contributed by atoms with Gasteiger partial charge in [-0.2, -0.15) is 9.97 Å². The molecule has 5 heteroatoms. The summed E-state index contributed by atoms with van der Waals surface area (Å²) < 4.78 is 18.7. The average Bonchev–Trinajstić information content (AvgIpc) is 2.57. The van der Waals surface area contributed by atoms with E-state index in [-0.39, 0.29) is 11.9 Å². The van der Waals surface area contributed by atoms with Crippen molar-refractivity contribution in [1.82, 2.24) is 9.97 Å². The Morgan fingerprint density at radius 1 is 0.958 bits per heavy atom. The SMILES string of the molecule is CC(C)Oc1nc(Nc2ccc(F)cc2)cc(-c2ccccc2)n1. The first-order chi connectivity index (χ1) is 11.6. The number of halogens is 1. The molecule has 1 aromatic heterocycles. The molecule has 0 atom stereocenters. The largest absolute Gasteiger partial charge is 0.461 e. The van der Waals surface area contributed by atoms with Gasteiger partial charge in [-0.05, 0) is 38.1 Å². The monoisotopic (exact) mass is 323 g/mol. The molecule has 1 N–H and O–H groups in total. The second kappa shape index (κ2) is 7.08. The van der Waals surface area contributed by atoms with Gasteiger partial charge in [0.25, 0.3) is 0 Å². The van der Waals surface area contributed by atoms with Crippen LogP contribution in [0.1, 0.15) is 13.8 Å². The van der Waals surface area contributed by atoms with E-state index in [0.29, 0.717) is 11.8 Å². The highest BCUT2D eigenvalue weighted by Gasteiger charge is 2.09. The van der Waals surface area contributed by atoms with E-state index in [1.807, 2.05) is 50.2 Å². The lowest BCUT2D eigenvalue weighted by Gasteiger charge is -2.12. The maximum atomic E-state index is 13.0. The fourth-order valence-electron chi connectivity index (χ4n) is 2.19. The van der Waals surface area contributed by atoms with Crippen LogP contribution in [0.5, 0.6) is 6.01 Å². The van der Waals surface area contributed by atoms with Crippen LogP contribution in [0.2, 0.25) is 0 Å². The summed E-state index contributed by atoms with van der Waals surface area (Å²) in [6.07, 6.45) is -0.0327. The number of hydrogen-bond donors (Lipinski definition) is 1. The van der Waals surface area contributed by atoms with Gasteiger partial charge in [0.15, 0.2) is 0 Å². The third-order valence-electron chi connectivity index (χ3n) is 3.23. The van der Waals surface area contributed by atoms with Crippen molar-refractivity contribution in [2.75, 3.05) is 5.32 Å². The average molecular weight is 323 g/mol. The molecule has 2 aromatic carbocycles. The van der Waals surface area contributed by atoms with Gasteiger partial charge in [0.1, 0.15) is 11.6 Å². The van der Waals surface area contributed by atoms with E-state index in [1.165, 1.54) is 12.1 Å². The van der Waals surface area contributed by atoms with Gasteiger partial charge in [-0.1, -0.05) is 30.3 Å². The van der Waals surface area contributed by atoms with E-state index in [1.54, 1.807) is 12.1 Å². The third kappa shape index (κ3) is 4.07. The van der Waals surface area contributed by atoms with Crippen LogP contribution in [0.15, 0.2) is 60.7 Å². The number of rotatable bonds is 5. The highest BCUT2D eigenvalue weighted by Crippen LogP contribution is 2.24. The van der Waals surface area contributed by atoms with Crippen LogP contribution >= 0.6 is 0 Å². The highest BCUT2D eigenvalue weighted by molar-refractivity contribution is 5.66. The van der Waals surface area contributed by atoms with Gasteiger partial charge in [0.2, 0.25) is 0 Å². The molecule has 0 radical (unpaired) electrons. The Morgan fingerprint density at radius 2 is 1.67 bits per heavy atom. The van der Waals surface area contributed by atoms with Crippen LogP contribution in [0.4, 0.5) is 15.9 Å². The molecule has 3 aromatic rings. The lowest BCUT2D eigenvalue weighted by Crippen LogP contribution is -2.09. The summed E-state index contributed by atoms with van der Waals surface area (Å²) in [5.41, 5.74) is 2.46. The smallest absolute Gasteiger partial charge is 0.319 e. The normalized spacial score (nSPS) is 10.7. The first-order valence-electron chi connectivity index (χ1n) is 7.74. The number of nitrogens with one attached hydrogen (secondary N) is 1. The standard InChI is InChI=1S/C19H18FN3O/c1-13(2)24-19-22-17(14-6-4-3-5-7-14)12-18(23-19)21-16-10-8-15(20)9-11-16/h3-13H,1-2H3,(H,21,22,23). The molecule has 0 saturated heterocycles. The summed E-state index contributed by atoms with van der Waals surface area (Å²) in [6, 6.07) is 18.1. The zero-order valence-corrected chi connectivity index (χ0v) is 13.5. The minimum Gasteiger partial charge on any atom is -0.461 e. The fourth-order valence-corrected chi connectivity index (χ4v) is 2.19. The molecule has 0 aliphatic carbocycles. The van der Waals surface area contributed by atoms with E-state index in [4.69, 9.17) is 4.74 Å². The van der Waals surface area contributed by atoms with Gasteiger partial charge in [-0.15, -0.1) is 0 Å². The van der Waals surface area contributed by atoms with E-state index >= 15 is 0 Å². The summed E-state index contributed by atoms with van der Waals surface area (Å²) in [4.78, 5) is 8.84. The molecular weight excluding hydrogens is 305 g/mol. The fraction of sp³-hybridized carbons (Fsp3) is 0.158. The molecular formula is C19H18FN3O. The molecule has 0 saturated carbocycles. The maximum absolute atomic E-state index is 13.0. The Bertz CT molecular complexity index is 805. The zero-order chi connectivity index (χ0) is 16.9. The van der Waals surface area contributed by atoms with Crippen LogP contribution in [0.25, 0.3) is 11.3 Å². The van der Waals surface area contributed by atoms with Gasteiger partial charge in [0, 0.05) is 17.3 Å². The van der Waals surface area contributed by atoms with Crippen LogP contribution in [-0.2, 0) is 0 Å². The molecule has 24 heavy (non-hydrogen) atoms. The minimum absolute atomic E-state index is 0.0327. The number of anilines is 2. The molecule has 0 aliphatic heterocycles. The topological polar surface area (TPSA) is 47.0 Å². The first kappa shape index (κ1) is 15.9.